The number of anilines is 1. The Balaban J connectivity index is 1.99. The quantitative estimate of drug-likeness (QED) is 0.801. The number of hydrogen-bond donors (Lipinski definition) is 2. The van der Waals surface area contributed by atoms with Crippen molar-refractivity contribution >= 4 is 5.82 Å². The molecular weight excluding hydrogens is 226 g/mol. The molecule has 0 aromatic carbocycles. The molecule has 100 valence electrons. The second kappa shape index (κ2) is 5.67. The Morgan fingerprint density at radius 3 is 2.83 bits per heavy atom. The third kappa shape index (κ3) is 3.68. The first-order valence-corrected chi connectivity index (χ1v) is 6.64. The Bertz CT molecular complexity index is 402. The van der Waals surface area contributed by atoms with Gasteiger partial charge < -0.3 is 15.3 Å². The summed E-state index contributed by atoms with van der Waals surface area (Å²) in [5.41, 5.74) is 2.39. The number of rotatable bonds is 6. The molecule has 1 aliphatic rings. The molecule has 4 nitrogen and oxygen atoms in total. The minimum absolute atomic E-state index is 0.340. The van der Waals surface area contributed by atoms with Gasteiger partial charge in [-0.15, -0.1) is 0 Å². The lowest BCUT2D eigenvalue weighted by molar-refractivity contribution is 0.201. The predicted molar refractivity (Wildman–Crippen MR) is 73.8 cm³/mol. The highest BCUT2D eigenvalue weighted by Crippen LogP contribution is 2.20. The average Bonchev–Trinajstić information content (AvgIpc) is 3.09. The van der Waals surface area contributed by atoms with Crippen LogP contribution in [0.5, 0.6) is 0 Å². The summed E-state index contributed by atoms with van der Waals surface area (Å²) in [5.74, 6) is 0.950. The molecule has 0 spiro atoms. The molecule has 1 atom stereocenters. The van der Waals surface area contributed by atoms with E-state index < -0.39 is 0 Å². The van der Waals surface area contributed by atoms with E-state index in [4.69, 9.17) is 0 Å². The molecule has 0 aliphatic heterocycles. The number of aryl methyl sites for hydroxylation is 1. The topological polar surface area (TPSA) is 48.4 Å². The molecule has 1 fully saturated rings. The number of aliphatic hydroxyl groups excluding tert-OH is 1. The first-order chi connectivity index (χ1) is 8.56. The van der Waals surface area contributed by atoms with Crippen LogP contribution in [-0.4, -0.2) is 35.8 Å². The zero-order chi connectivity index (χ0) is 13.1. The first kappa shape index (κ1) is 13.3. The van der Waals surface area contributed by atoms with Crippen LogP contribution in [0.2, 0.25) is 0 Å². The van der Waals surface area contributed by atoms with Crippen LogP contribution in [0.1, 0.15) is 30.9 Å². The fourth-order valence-electron chi connectivity index (χ4n) is 2.15. The zero-order valence-corrected chi connectivity index (χ0v) is 11.5. The fraction of sp³-hybridized carbons (Fsp3) is 0.643. The van der Waals surface area contributed by atoms with Gasteiger partial charge in [0.25, 0.3) is 0 Å². The summed E-state index contributed by atoms with van der Waals surface area (Å²) in [6, 6.07) is 2.90. The number of pyridine rings is 1. The van der Waals surface area contributed by atoms with Gasteiger partial charge in [-0.05, 0) is 43.9 Å². The Morgan fingerprint density at radius 1 is 1.56 bits per heavy atom. The van der Waals surface area contributed by atoms with Crippen molar-refractivity contribution in [2.75, 3.05) is 18.5 Å². The fourth-order valence-corrected chi connectivity index (χ4v) is 2.15. The van der Waals surface area contributed by atoms with Gasteiger partial charge in [-0.3, -0.25) is 0 Å². The van der Waals surface area contributed by atoms with Gasteiger partial charge in [0.2, 0.25) is 0 Å². The molecule has 0 radical (unpaired) electrons. The van der Waals surface area contributed by atoms with Gasteiger partial charge in [0.1, 0.15) is 5.82 Å². The summed E-state index contributed by atoms with van der Waals surface area (Å²) in [4.78, 5) is 6.50. The lowest BCUT2D eigenvalue weighted by atomic mass is 10.2. The third-order valence-electron chi connectivity index (χ3n) is 3.18. The number of likely N-dealkylation sites (N-methyl/N-ethyl adjacent to an activating group) is 1. The predicted octanol–water partition coefficient (Wildman–Crippen LogP) is 1.46. The van der Waals surface area contributed by atoms with Crippen LogP contribution >= 0.6 is 0 Å². The third-order valence-corrected chi connectivity index (χ3v) is 3.18. The van der Waals surface area contributed by atoms with E-state index in [-0.39, 0.29) is 6.10 Å². The van der Waals surface area contributed by atoms with Crippen molar-refractivity contribution in [1.82, 2.24) is 10.3 Å². The highest BCUT2D eigenvalue weighted by atomic mass is 16.3. The van der Waals surface area contributed by atoms with Gasteiger partial charge >= 0.3 is 0 Å². The van der Waals surface area contributed by atoms with E-state index in [1.54, 1.807) is 6.92 Å². The van der Waals surface area contributed by atoms with Crippen LogP contribution in [-0.2, 0) is 6.54 Å². The van der Waals surface area contributed by atoms with Crippen molar-refractivity contribution in [2.24, 2.45) is 0 Å². The van der Waals surface area contributed by atoms with Crippen LogP contribution in [0.3, 0.4) is 0 Å². The number of aliphatic hydroxyl groups is 1. The van der Waals surface area contributed by atoms with Gasteiger partial charge in [0.05, 0.1) is 6.10 Å². The Labute approximate surface area is 109 Å². The van der Waals surface area contributed by atoms with Crippen molar-refractivity contribution in [3.05, 3.63) is 23.4 Å². The second-order valence-corrected chi connectivity index (χ2v) is 5.37. The van der Waals surface area contributed by atoms with Crippen LogP contribution in [0.25, 0.3) is 0 Å². The summed E-state index contributed by atoms with van der Waals surface area (Å²) >= 11 is 0. The maximum absolute atomic E-state index is 9.40. The van der Waals surface area contributed by atoms with Gasteiger partial charge in [0.15, 0.2) is 0 Å². The molecule has 0 saturated heterocycles. The largest absolute Gasteiger partial charge is 0.392 e. The Kier molecular flexibility index (Phi) is 4.19. The Morgan fingerprint density at radius 2 is 2.28 bits per heavy atom. The standard InChI is InChI=1S/C14H23N3O/c1-10-6-12(7-15-13-4-5-13)8-16-14(10)17(3)9-11(2)18/h6,8,11,13,15,18H,4-5,7,9H2,1-3H3. The minimum Gasteiger partial charge on any atom is -0.392 e. The summed E-state index contributed by atoms with van der Waals surface area (Å²) in [6.07, 6.45) is 4.20. The van der Waals surface area contributed by atoms with Gasteiger partial charge in [-0.1, -0.05) is 0 Å². The maximum atomic E-state index is 9.40. The molecule has 2 N–H and O–H groups in total. The Hall–Kier alpha value is -1.13. The number of nitrogens with zero attached hydrogens (tertiary/aromatic N) is 2. The molecule has 2 rings (SSSR count). The summed E-state index contributed by atoms with van der Waals surface area (Å²) in [7, 11) is 1.96. The van der Waals surface area contributed by atoms with E-state index in [1.165, 1.54) is 18.4 Å². The van der Waals surface area contributed by atoms with E-state index >= 15 is 0 Å². The molecule has 1 heterocycles. The number of aromatic nitrogens is 1. The van der Waals surface area contributed by atoms with E-state index in [2.05, 4.69) is 23.3 Å². The van der Waals surface area contributed by atoms with Crippen LogP contribution in [0, 0.1) is 6.92 Å². The number of hydrogen-bond acceptors (Lipinski definition) is 4. The molecular formula is C14H23N3O. The monoisotopic (exact) mass is 249 g/mol. The van der Waals surface area contributed by atoms with Gasteiger partial charge in [0, 0.05) is 32.4 Å². The van der Waals surface area contributed by atoms with E-state index in [9.17, 15) is 5.11 Å². The average molecular weight is 249 g/mol. The van der Waals surface area contributed by atoms with E-state index in [0.29, 0.717) is 6.54 Å². The van der Waals surface area contributed by atoms with Crippen molar-refractivity contribution in [1.29, 1.82) is 0 Å². The normalized spacial score (nSPS) is 16.7. The second-order valence-electron chi connectivity index (χ2n) is 5.37. The molecule has 18 heavy (non-hydrogen) atoms. The van der Waals surface area contributed by atoms with Crippen molar-refractivity contribution in [2.45, 2.75) is 45.4 Å². The molecule has 0 amide bonds. The zero-order valence-electron chi connectivity index (χ0n) is 11.5. The maximum Gasteiger partial charge on any atom is 0.131 e. The summed E-state index contributed by atoms with van der Waals surface area (Å²) < 4.78 is 0. The lowest BCUT2D eigenvalue weighted by Gasteiger charge is -2.22. The first-order valence-electron chi connectivity index (χ1n) is 6.64. The van der Waals surface area contributed by atoms with Gasteiger partial charge in [-0.2, -0.15) is 0 Å². The summed E-state index contributed by atoms with van der Waals surface area (Å²) in [5, 5.41) is 12.9. The van der Waals surface area contributed by atoms with Crippen LogP contribution in [0.15, 0.2) is 12.3 Å². The van der Waals surface area contributed by atoms with E-state index in [1.807, 2.05) is 18.1 Å². The molecule has 1 saturated carbocycles. The highest BCUT2D eigenvalue weighted by molar-refractivity contribution is 5.46. The molecule has 0 bridgehead atoms. The van der Waals surface area contributed by atoms with E-state index in [0.717, 1.165) is 24.0 Å². The van der Waals surface area contributed by atoms with Crippen molar-refractivity contribution in [3.8, 4) is 0 Å². The SMILES string of the molecule is Cc1cc(CNC2CC2)cnc1N(C)CC(C)O. The van der Waals surface area contributed by atoms with Crippen LogP contribution in [0.4, 0.5) is 5.82 Å². The highest BCUT2D eigenvalue weighted by Gasteiger charge is 2.20. The molecule has 1 aromatic heterocycles. The summed E-state index contributed by atoms with van der Waals surface area (Å²) in [6.45, 7) is 5.37. The lowest BCUT2D eigenvalue weighted by Crippen LogP contribution is -2.28. The van der Waals surface area contributed by atoms with Gasteiger partial charge in [-0.25, -0.2) is 4.98 Å². The van der Waals surface area contributed by atoms with Crippen LogP contribution < -0.4 is 10.2 Å². The van der Waals surface area contributed by atoms with Crippen molar-refractivity contribution < 1.29 is 5.11 Å². The van der Waals surface area contributed by atoms with Crippen molar-refractivity contribution in [3.63, 3.8) is 0 Å². The molecule has 1 aromatic rings. The number of nitrogens with one attached hydrogen (secondary N) is 1. The molecule has 1 unspecified atom stereocenters. The molecule has 1 aliphatic carbocycles. The minimum atomic E-state index is -0.340. The molecule has 4 heteroatoms. The smallest absolute Gasteiger partial charge is 0.131 e.